The molecular formula is C15H19N3O2. The third-order valence-corrected chi connectivity index (χ3v) is 4.66. The lowest BCUT2D eigenvalue weighted by molar-refractivity contribution is -0.129. The second-order valence-electron chi connectivity index (χ2n) is 6.11. The summed E-state index contributed by atoms with van der Waals surface area (Å²) >= 11 is 0. The van der Waals surface area contributed by atoms with Crippen LogP contribution >= 0.6 is 0 Å². The highest BCUT2D eigenvalue weighted by atomic mass is 16.3. The van der Waals surface area contributed by atoms with Gasteiger partial charge in [-0.15, -0.1) is 0 Å². The number of carbonyl (C=O) groups excluding carboxylic acids is 1. The van der Waals surface area contributed by atoms with Crippen LogP contribution in [0.1, 0.15) is 18.1 Å². The van der Waals surface area contributed by atoms with Crippen molar-refractivity contribution in [3.63, 3.8) is 0 Å². The van der Waals surface area contributed by atoms with Crippen molar-refractivity contribution in [2.75, 3.05) is 31.2 Å². The molecule has 4 rings (SSSR count). The van der Waals surface area contributed by atoms with E-state index in [1.165, 1.54) is 6.42 Å². The van der Waals surface area contributed by atoms with Gasteiger partial charge < -0.3 is 10.4 Å². The number of aliphatic hydroxyl groups excluding tert-OH is 1. The molecule has 3 unspecified atom stereocenters. The number of nitrogens with one attached hydrogen (secondary N) is 1. The van der Waals surface area contributed by atoms with E-state index in [2.05, 4.69) is 10.3 Å². The number of para-hydroxylation sites is 1. The predicted molar refractivity (Wildman–Crippen MR) is 74.9 cm³/mol. The summed E-state index contributed by atoms with van der Waals surface area (Å²) in [4.78, 5) is 12.4. The van der Waals surface area contributed by atoms with Gasteiger partial charge in [0.2, 0.25) is 0 Å². The van der Waals surface area contributed by atoms with Gasteiger partial charge in [0, 0.05) is 18.7 Å². The van der Waals surface area contributed by atoms with E-state index in [4.69, 9.17) is 0 Å². The quantitative estimate of drug-likeness (QED) is 0.783. The predicted octanol–water partition coefficient (Wildman–Crippen LogP) is 0.523. The maximum Gasteiger partial charge on any atom is 0.275 e. The van der Waals surface area contributed by atoms with Gasteiger partial charge in [-0.25, -0.2) is 10.0 Å². The minimum Gasteiger partial charge on any atom is -0.378 e. The van der Waals surface area contributed by atoms with Crippen molar-refractivity contribution in [2.24, 2.45) is 11.8 Å². The summed E-state index contributed by atoms with van der Waals surface area (Å²) in [7, 11) is 0. The molecule has 0 radical (unpaired) electrons. The number of fused-ring (bicyclic) bond motifs is 3. The van der Waals surface area contributed by atoms with Gasteiger partial charge in [0.15, 0.2) is 6.10 Å². The number of piperidine rings is 2. The van der Waals surface area contributed by atoms with Gasteiger partial charge in [0.05, 0.1) is 5.69 Å². The van der Waals surface area contributed by atoms with Crippen LogP contribution in [-0.4, -0.2) is 42.2 Å². The average molecular weight is 273 g/mol. The van der Waals surface area contributed by atoms with Crippen molar-refractivity contribution in [3.05, 3.63) is 29.8 Å². The lowest BCUT2D eigenvalue weighted by Gasteiger charge is -2.45. The number of nitrogens with zero attached hydrogens (tertiary/aromatic N) is 2. The zero-order chi connectivity index (χ0) is 13.7. The lowest BCUT2D eigenvalue weighted by Crippen LogP contribution is -2.57. The van der Waals surface area contributed by atoms with Crippen LogP contribution in [0.2, 0.25) is 0 Å². The Bertz CT molecular complexity index is 536. The van der Waals surface area contributed by atoms with E-state index in [0.717, 1.165) is 37.4 Å². The maximum absolute atomic E-state index is 12.4. The maximum atomic E-state index is 12.4. The van der Waals surface area contributed by atoms with Crippen LogP contribution in [0.5, 0.6) is 0 Å². The third-order valence-electron chi connectivity index (χ3n) is 4.66. The first-order chi connectivity index (χ1) is 9.74. The third kappa shape index (κ3) is 1.78. The summed E-state index contributed by atoms with van der Waals surface area (Å²) in [5.74, 6) is 0.986. The van der Waals surface area contributed by atoms with Gasteiger partial charge >= 0.3 is 0 Å². The molecule has 0 saturated carbocycles. The highest BCUT2D eigenvalue weighted by Gasteiger charge is 2.42. The highest BCUT2D eigenvalue weighted by molar-refractivity contribution is 6.03. The molecule has 106 valence electrons. The van der Waals surface area contributed by atoms with Crippen molar-refractivity contribution < 1.29 is 9.90 Å². The Morgan fingerprint density at radius 3 is 2.60 bits per heavy atom. The van der Waals surface area contributed by atoms with Crippen LogP contribution in [0.25, 0.3) is 0 Å². The minimum absolute atomic E-state index is 0.209. The molecule has 3 heterocycles. The fourth-order valence-electron chi connectivity index (χ4n) is 3.81. The number of amides is 1. The van der Waals surface area contributed by atoms with Gasteiger partial charge in [0.1, 0.15) is 0 Å². The van der Waals surface area contributed by atoms with E-state index in [9.17, 15) is 9.90 Å². The Hall–Kier alpha value is -1.43. The van der Waals surface area contributed by atoms with E-state index >= 15 is 0 Å². The van der Waals surface area contributed by atoms with Crippen LogP contribution in [0, 0.1) is 11.8 Å². The van der Waals surface area contributed by atoms with Crippen molar-refractivity contribution in [2.45, 2.75) is 12.5 Å². The number of benzene rings is 1. The summed E-state index contributed by atoms with van der Waals surface area (Å²) in [6.45, 7) is 3.82. The minimum atomic E-state index is -1.01. The number of hydrazine groups is 1. The average Bonchev–Trinajstić information content (AvgIpc) is 2.71. The zero-order valence-electron chi connectivity index (χ0n) is 11.3. The Labute approximate surface area is 118 Å². The second-order valence-corrected chi connectivity index (χ2v) is 6.11. The number of rotatable bonds is 1. The molecule has 3 atom stereocenters. The van der Waals surface area contributed by atoms with Gasteiger partial charge in [0.25, 0.3) is 5.91 Å². The SMILES string of the molecule is O=C1C(O)c2ccccc2N1N1CC2CNCC(C2)C1. The number of hydrogen-bond acceptors (Lipinski definition) is 4. The van der Waals surface area contributed by atoms with Crippen LogP contribution in [-0.2, 0) is 4.79 Å². The topological polar surface area (TPSA) is 55.8 Å². The Kier molecular flexibility index (Phi) is 2.80. The van der Waals surface area contributed by atoms with E-state index in [-0.39, 0.29) is 5.91 Å². The van der Waals surface area contributed by atoms with Crippen molar-refractivity contribution >= 4 is 11.6 Å². The van der Waals surface area contributed by atoms with Crippen molar-refractivity contribution in [3.8, 4) is 0 Å². The molecule has 1 aromatic carbocycles. The van der Waals surface area contributed by atoms with Crippen LogP contribution in [0.3, 0.4) is 0 Å². The molecule has 2 N–H and O–H groups in total. The molecule has 2 saturated heterocycles. The van der Waals surface area contributed by atoms with Crippen LogP contribution in [0.4, 0.5) is 5.69 Å². The zero-order valence-corrected chi connectivity index (χ0v) is 11.3. The molecule has 3 aliphatic heterocycles. The molecule has 5 heteroatoms. The molecule has 20 heavy (non-hydrogen) atoms. The summed E-state index contributed by atoms with van der Waals surface area (Å²) in [6, 6.07) is 7.55. The van der Waals surface area contributed by atoms with E-state index in [1.54, 1.807) is 5.01 Å². The van der Waals surface area contributed by atoms with E-state index < -0.39 is 6.10 Å². The molecule has 0 aliphatic carbocycles. The number of hydrogen-bond donors (Lipinski definition) is 2. The highest BCUT2D eigenvalue weighted by Crippen LogP contribution is 2.38. The first kappa shape index (κ1) is 12.3. The molecule has 0 spiro atoms. The van der Waals surface area contributed by atoms with E-state index in [0.29, 0.717) is 11.8 Å². The molecule has 2 bridgehead atoms. The molecule has 2 fully saturated rings. The number of anilines is 1. The summed E-state index contributed by atoms with van der Waals surface area (Å²) in [5.41, 5.74) is 1.57. The standard InChI is InChI=1S/C15H19N3O2/c19-14-12-3-1-2-4-13(12)18(15(14)20)17-8-10-5-11(9-17)7-16-6-10/h1-4,10-11,14,16,19H,5-9H2. The molecule has 5 nitrogen and oxygen atoms in total. The van der Waals surface area contributed by atoms with Crippen molar-refractivity contribution in [1.82, 2.24) is 10.3 Å². The fourth-order valence-corrected chi connectivity index (χ4v) is 3.81. The smallest absolute Gasteiger partial charge is 0.275 e. The van der Waals surface area contributed by atoms with Gasteiger partial charge in [-0.05, 0) is 37.4 Å². The Morgan fingerprint density at radius 1 is 1.15 bits per heavy atom. The van der Waals surface area contributed by atoms with Crippen LogP contribution in [0.15, 0.2) is 24.3 Å². The summed E-state index contributed by atoms with van der Waals surface area (Å²) in [5, 5.41) is 17.4. The first-order valence-corrected chi connectivity index (χ1v) is 7.30. The lowest BCUT2D eigenvalue weighted by atomic mass is 9.86. The molecule has 3 aliphatic rings. The van der Waals surface area contributed by atoms with Gasteiger partial charge in [-0.1, -0.05) is 18.2 Å². The second kappa shape index (κ2) is 4.55. The van der Waals surface area contributed by atoms with Crippen molar-refractivity contribution in [1.29, 1.82) is 0 Å². The molecule has 0 aromatic heterocycles. The molecular weight excluding hydrogens is 254 g/mol. The van der Waals surface area contributed by atoms with Crippen LogP contribution < -0.4 is 10.3 Å². The summed E-state index contributed by atoms with van der Waals surface area (Å²) < 4.78 is 0. The largest absolute Gasteiger partial charge is 0.378 e. The first-order valence-electron chi connectivity index (χ1n) is 7.30. The Morgan fingerprint density at radius 2 is 1.85 bits per heavy atom. The normalized spacial score (nSPS) is 33.4. The number of aliphatic hydroxyl groups is 1. The molecule has 1 aromatic rings. The van der Waals surface area contributed by atoms with Gasteiger partial charge in [-0.2, -0.15) is 0 Å². The monoisotopic (exact) mass is 273 g/mol. The molecule has 1 amide bonds. The van der Waals surface area contributed by atoms with E-state index in [1.807, 2.05) is 24.3 Å². The Balaban J connectivity index is 1.67. The van der Waals surface area contributed by atoms with Gasteiger partial charge in [-0.3, -0.25) is 4.79 Å². The fraction of sp³-hybridized carbons (Fsp3) is 0.533. The number of carbonyl (C=O) groups is 1. The summed E-state index contributed by atoms with van der Waals surface area (Å²) in [6.07, 6.45) is 0.238.